The SMILES string of the molecule is COc1ccc(CCC(=O)Nc2nc(CN3CC(C)OC(C)C3)cs2)cc1Br. The summed E-state index contributed by atoms with van der Waals surface area (Å²) in [5.41, 5.74) is 2.07. The topological polar surface area (TPSA) is 63.7 Å². The highest BCUT2D eigenvalue weighted by molar-refractivity contribution is 9.10. The predicted octanol–water partition coefficient (Wildman–Crippen LogP) is 4.09. The Morgan fingerprint density at radius 3 is 2.82 bits per heavy atom. The Labute approximate surface area is 178 Å². The summed E-state index contributed by atoms with van der Waals surface area (Å²) in [5, 5.41) is 5.59. The summed E-state index contributed by atoms with van der Waals surface area (Å²) in [6.07, 6.45) is 1.54. The van der Waals surface area contributed by atoms with Gasteiger partial charge in [0.2, 0.25) is 5.91 Å². The first kappa shape index (κ1) is 21.2. The fourth-order valence-electron chi connectivity index (χ4n) is 3.38. The molecule has 2 aromatic rings. The number of aryl methyl sites for hydroxylation is 1. The maximum atomic E-state index is 12.3. The van der Waals surface area contributed by atoms with Crippen molar-refractivity contribution in [2.45, 2.75) is 45.4 Å². The normalized spacial score (nSPS) is 20.1. The lowest BCUT2D eigenvalue weighted by atomic mass is 10.1. The van der Waals surface area contributed by atoms with Crippen LogP contribution in [0.4, 0.5) is 5.13 Å². The zero-order chi connectivity index (χ0) is 20.1. The number of methoxy groups -OCH3 is 1. The average molecular weight is 468 g/mol. The minimum atomic E-state index is -0.0264. The number of thiazole rings is 1. The molecule has 2 heterocycles. The van der Waals surface area contributed by atoms with Gasteiger partial charge in [0.25, 0.3) is 0 Å². The Kier molecular flexibility index (Phi) is 7.45. The summed E-state index contributed by atoms with van der Waals surface area (Å²) in [5.74, 6) is 0.758. The average Bonchev–Trinajstić information content (AvgIpc) is 3.06. The van der Waals surface area contributed by atoms with E-state index >= 15 is 0 Å². The number of aromatic nitrogens is 1. The molecule has 3 rings (SSSR count). The van der Waals surface area contributed by atoms with Gasteiger partial charge in [-0.2, -0.15) is 0 Å². The van der Waals surface area contributed by atoms with Gasteiger partial charge in [-0.1, -0.05) is 6.07 Å². The summed E-state index contributed by atoms with van der Waals surface area (Å²) in [6, 6.07) is 5.86. The standard InChI is InChI=1S/C20H26BrN3O3S/c1-13-9-24(10-14(2)27-13)11-16-12-28-20(22-16)23-19(25)7-5-15-4-6-18(26-3)17(21)8-15/h4,6,8,12-14H,5,7,9-11H2,1-3H3,(H,22,23,25). The Morgan fingerprint density at radius 1 is 1.39 bits per heavy atom. The van der Waals surface area contributed by atoms with Gasteiger partial charge >= 0.3 is 0 Å². The van der Waals surface area contributed by atoms with Crippen LogP contribution in [0.25, 0.3) is 0 Å². The van der Waals surface area contributed by atoms with Gasteiger partial charge in [0.05, 0.1) is 29.5 Å². The van der Waals surface area contributed by atoms with Crippen molar-refractivity contribution in [2.24, 2.45) is 0 Å². The predicted molar refractivity (Wildman–Crippen MR) is 115 cm³/mol. The van der Waals surface area contributed by atoms with Crippen LogP contribution in [0, 0.1) is 0 Å². The number of hydrogen-bond donors (Lipinski definition) is 1. The minimum absolute atomic E-state index is 0.0264. The third-order valence-electron chi connectivity index (χ3n) is 4.54. The Bertz CT molecular complexity index is 804. The number of carbonyl (C=O) groups is 1. The first-order valence-corrected chi connectivity index (χ1v) is 11.0. The van der Waals surface area contributed by atoms with Gasteiger partial charge < -0.3 is 14.8 Å². The molecule has 1 aliphatic rings. The summed E-state index contributed by atoms with van der Waals surface area (Å²) < 4.78 is 11.9. The molecule has 0 radical (unpaired) electrons. The van der Waals surface area contributed by atoms with E-state index in [1.807, 2.05) is 23.6 Å². The lowest BCUT2D eigenvalue weighted by Crippen LogP contribution is -2.44. The number of carbonyl (C=O) groups excluding carboxylic acids is 1. The van der Waals surface area contributed by atoms with E-state index in [1.54, 1.807) is 7.11 Å². The molecule has 2 atom stereocenters. The summed E-state index contributed by atoms with van der Waals surface area (Å²) in [6.45, 7) is 6.78. The highest BCUT2D eigenvalue weighted by atomic mass is 79.9. The van der Waals surface area contributed by atoms with Crippen LogP contribution in [-0.2, 0) is 22.5 Å². The van der Waals surface area contributed by atoms with E-state index in [4.69, 9.17) is 9.47 Å². The highest BCUT2D eigenvalue weighted by Gasteiger charge is 2.22. The van der Waals surface area contributed by atoms with Crippen molar-refractivity contribution >= 4 is 38.3 Å². The lowest BCUT2D eigenvalue weighted by molar-refractivity contribution is -0.116. The maximum absolute atomic E-state index is 12.3. The van der Waals surface area contributed by atoms with Crippen LogP contribution in [0.1, 0.15) is 31.5 Å². The molecule has 1 aromatic carbocycles. The number of halogens is 1. The second kappa shape index (κ2) is 9.82. The van der Waals surface area contributed by atoms with Crippen LogP contribution in [-0.4, -0.2) is 48.2 Å². The third-order valence-corrected chi connectivity index (χ3v) is 5.96. The number of nitrogens with zero attached hydrogens (tertiary/aromatic N) is 2. The molecule has 152 valence electrons. The number of amides is 1. The number of ether oxygens (including phenoxy) is 2. The zero-order valence-electron chi connectivity index (χ0n) is 16.4. The lowest BCUT2D eigenvalue weighted by Gasteiger charge is -2.34. The van der Waals surface area contributed by atoms with Gasteiger partial charge in [-0.05, 0) is 53.9 Å². The Morgan fingerprint density at radius 2 is 2.14 bits per heavy atom. The van der Waals surface area contributed by atoms with Gasteiger partial charge in [-0.3, -0.25) is 9.69 Å². The van der Waals surface area contributed by atoms with Gasteiger partial charge in [-0.15, -0.1) is 11.3 Å². The van der Waals surface area contributed by atoms with Crippen LogP contribution in [0.15, 0.2) is 28.1 Å². The molecule has 1 N–H and O–H groups in total. The Balaban J connectivity index is 1.48. The highest BCUT2D eigenvalue weighted by Crippen LogP contribution is 2.26. The summed E-state index contributed by atoms with van der Waals surface area (Å²) in [4.78, 5) is 19.2. The molecule has 1 saturated heterocycles. The Hall–Kier alpha value is -1.48. The molecule has 0 aliphatic carbocycles. The molecule has 8 heteroatoms. The first-order chi connectivity index (χ1) is 13.4. The monoisotopic (exact) mass is 467 g/mol. The van der Waals surface area contributed by atoms with E-state index in [1.165, 1.54) is 11.3 Å². The molecule has 0 bridgehead atoms. The van der Waals surface area contributed by atoms with Crippen molar-refractivity contribution in [2.75, 3.05) is 25.5 Å². The quantitative estimate of drug-likeness (QED) is 0.663. The van der Waals surface area contributed by atoms with Crippen LogP contribution in [0.2, 0.25) is 0 Å². The number of benzene rings is 1. The van der Waals surface area contributed by atoms with E-state index in [9.17, 15) is 4.79 Å². The van der Waals surface area contributed by atoms with Crippen LogP contribution >= 0.6 is 27.3 Å². The molecule has 1 aromatic heterocycles. The third kappa shape index (κ3) is 6.01. The van der Waals surface area contributed by atoms with E-state index in [2.05, 4.69) is 45.0 Å². The minimum Gasteiger partial charge on any atom is -0.496 e. The maximum Gasteiger partial charge on any atom is 0.226 e. The molecule has 1 amide bonds. The second-order valence-electron chi connectivity index (χ2n) is 7.11. The van der Waals surface area contributed by atoms with Crippen LogP contribution < -0.4 is 10.1 Å². The van der Waals surface area contributed by atoms with Crippen LogP contribution in [0.3, 0.4) is 0 Å². The van der Waals surface area contributed by atoms with Crippen molar-refractivity contribution in [3.8, 4) is 5.75 Å². The van der Waals surface area contributed by atoms with E-state index < -0.39 is 0 Å². The number of nitrogens with one attached hydrogen (secondary N) is 1. The van der Waals surface area contributed by atoms with Crippen LogP contribution in [0.5, 0.6) is 5.75 Å². The number of anilines is 1. The van der Waals surface area contributed by atoms with Crippen molar-refractivity contribution < 1.29 is 14.3 Å². The molecular weight excluding hydrogens is 442 g/mol. The van der Waals surface area contributed by atoms with E-state index in [0.29, 0.717) is 18.0 Å². The molecule has 1 fully saturated rings. The smallest absolute Gasteiger partial charge is 0.226 e. The van der Waals surface area contributed by atoms with Gasteiger partial charge in [-0.25, -0.2) is 4.98 Å². The molecular formula is C20H26BrN3O3S. The van der Waals surface area contributed by atoms with Gasteiger partial charge in [0.15, 0.2) is 5.13 Å². The molecule has 28 heavy (non-hydrogen) atoms. The number of rotatable bonds is 7. The molecule has 0 saturated carbocycles. The van der Waals surface area contributed by atoms with Crippen molar-refractivity contribution in [1.29, 1.82) is 0 Å². The van der Waals surface area contributed by atoms with E-state index in [-0.39, 0.29) is 18.1 Å². The van der Waals surface area contributed by atoms with Crippen molar-refractivity contribution in [3.63, 3.8) is 0 Å². The van der Waals surface area contributed by atoms with Gasteiger partial charge in [0.1, 0.15) is 5.75 Å². The second-order valence-corrected chi connectivity index (χ2v) is 8.82. The number of hydrogen-bond acceptors (Lipinski definition) is 6. The molecule has 2 unspecified atom stereocenters. The number of morpholine rings is 1. The zero-order valence-corrected chi connectivity index (χ0v) is 18.8. The summed E-state index contributed by atoms with van der Waals surface area (Å²) in [7, 11) is 1.63. The van der Waals surface area contributed by atoms with Gasteiger partial charge in [0, 0.05) is 31.4 Å². The molecule has 6 nitrogen and oxygen atoms in total. The van der Waals surface area contributed by atoms with Crippen molar-refractivity contribution in [3.05, 3.63) is 39.3 Å². The van der Waals surface area contributed by atoms with Crippen molar-refractivity contribution in [1.82, 2.24) is 9.88 Å². The first-order valence-electron chi connectivity index (χ1n) is 9.37. The molecule has 1 aliphatic heterocycles. The molecule has 0 spiro atoms. The fourth-order valence-corrected chi connectivity index (χ4v) is 4.69. The largest absolute Gasteiger partial charge is 0.496 e. The fraction of sp³-hybridized carbons (Fsp3) is 0.500. The van der Waals surface area contributed by atoms with E-state index in [0.717, 1.165) is 41.1 Å². The summed E-state index contributed by atoms with van der Waals surface area (Å²) >= 11 is 4.95.